The predicted octanol–water partition coefficient (Wildman–Crippen LogP) is 1.86. The summed E-state index contributed by atoms with van der Waals surface area (Å²) in [6.45, 7) is 2.12. The second-order valence-electron chi connectivity index (χ2n) is 3.98. The maximum Gasteiger partial charge on any atom is 0.328 e. The van der Waals surface area contributed by atoms with Crippen molar-refractivity contribution in [3.05, 3.63) is 35.4 Å². The molecule has 0 saturated carbocycles. The summed E-state index contributed by atoms with van der Waals surface area (Å²) < 4.78 is 4.84. The summed E-state index contributed by atoms with van der Waals surface area (Å²) in [6.07, 6.45) is 3.30. The smallest absolute Gasteiger partial charge is 0.328 e. The quantitative estimate of drug-likeness (QED) is 0.464. The Morgan fingerprint density at radius 3 is 2.74 bits per heavy atom. The third-order valence-electron chi connectivity index (χ3n) is 2.38. The second kappa shape index (κ2) is 7.20. The summed E-state index contributed by atoms with van der Waals surface area (Å²) in [5, 5.41) is 8.57. The first-order valence-electron chi connectivity index (χ1n) is 5.97. The van der Waals surface area contributed by atoms with E-state index in [-0.39, 0.29) is 12.4 Å². The van der Waals surface area contributed by atoms with E-state index in [4.69, 9.17) is 15.6 Å². The van der Waals surface area contributed by atoms with Gasteiger partial charge in [0.25, 0.3) is 0 Å². The molecule has 5 nitrogen and oxygen atoms in total. The number of hydrogen-bond acceptors (Lipinski definition) is 4. The number of nitrogen functional groups attached to an aromatic ring is 1. The van der Waals surface area contributed by atoms with Gasteiger partial charge in [-0.3, -0.25) is 4.79 Å². The third kappa shape index (κ3) is 5.72. The summed E-state index contributed by atoms with van der Waals surface area (Å²) >= 11 is 0. The second-order valence-corrected chi connectivity index (χ2v) is 3.98. The van der Waals surface area contributed by atoms with Gasteiger partial charge in [0.05, 0.1) is 6.61 Å². The Morgan fingerprint density at radius 1 is 1.37 bits per heavy atom. The van der Waals surface area contributed by atoms with Gasteiger partial charge >= 0.3 is 11.9 Å². The summed E-state index contributed by atoms with van der Waals surface area (Å²) in [7, 11) is 0. The lowest BCUT2D eigenvalue weighted by atomic mass is 10.0. The molecule has 0 saturated heterocycles. The number of carboxylic acids is 1. The molecule has 1 aromatic rings. The summed E-state index contributed by atoms with van der Waals surface area (Å²) in [4.78, 5) is 21.7. The molecule has 3 N–H and O–H groups in total. The molecule has 102 valence electrons. The van der Waals surface area contributed by atoms with Gasteiger partial charge in [-0.15, -0.1) is 0 Å². The molecule has 0 fully saturated rings. The van der Waals surface area contributed by atoms with E-state index in [1.807, 2.05) is 0 Å². The van der Waals surface area contributed by atoms with Crippen molar-refractivity contribution in [1.29, 1.82) is 0 Å². The predicted molar refractivity (Wildman–Crippen MR) is 72.5 cm³/mol. The van der Waals surface area contributed by atoms with Gasteiger partial charge in [-0.1, -0.05) is 6.07 Å². The number of carboxylic acid groups (broad SMARTS) is 1. The van der Waals surface area contributed by atoms with Crippen LogP contribution in [0.25, 0.3) is 6.08 Å². The fourth-order valence-corrected chi connectivity index (χ4v) is 1.63. The third-order valence-corrected chi connectivity index (χ3v) is 2.38. The van der Waals surface area contributed by atoms with Crippen LogP contribution in [0.5, 0.6) is 0 Å². The molecular formula is C14H17NO4. The van der Waals surface area contributed by atoms with Crippen molar-refractivity contribution in [1.82, 2.24) is 0 Å². The molecule has 19 heavy (non-hydrogen) atoms. The number of carbonyl (C=O) groups is 2. The van der Waals surface area contributed by atoms with E-state index in [2.05, 4.69) is 0 Å². The van der Waals surface area contributed by atoms with Crippen LogP contribution in [0.4, 0.5) is 5.69 Å². The maximum atomic E-state index is 11.3. The monoisotopic (exact) mass is 263 g/mol. The molecule has 0 aliphatic heterocycles. The van der Waals surface area contributed by atoms with E-state index in [0.29, 0.717) is 24.3 Å². The Balaban J connectivity index is 2.73. The number of carbonyl (C=O) groups excluding carboxylic acids is 1. The number of esters is 1. The highest BCUT2D eigenvalue weighted by molar-refractivity contribution is 5.85. The minimum atomic E-state index is -1.02. The van der Waals surface area contributed by atoms with E-state index >= 15 is 0 Å². The summed E-state index contributed by atoms with van der Waals surface area (Å²) in [5.74, 6) is -1.27. The molecule has 0 bridgehead atoms. The molecule has 0 aliphatic rings. The van der Waals surface area contributed by atoms with Crippen molar-refractivity contribution >= 4 is 23.7 Å². The topological polar surface area (TPSA) is 89.6 Å². The van der Waals surface area contributed by atoms with Gasteiger partial charge in [-0.05, 0) is 42.7 Å². The Hall–Kier alpha value is -2.30. The molecule has 0 aliphatic carbocycles. The van der Waals surface area contributed by atoms with Crippen LogP contribution in [0.3, 0.4) is 0 Å². The maximum absolute atomic E-state index is 11.3. The Morgan fingerprint density at radius 2 is 2.11 bits per heavy atom. The number of aliphatic carboxylic acids is 1. The normalized spacial score (nSPS) is 10.6. The standard InChI is InChI=1S/C14H17NO4/c1-2-19-14(18)6-4-11-7-10(3-5-13(16)17)8-12(15)9-11/h3,5,7-9H,2,4,6,15H2,1H3,(H,16,17). The van der Waals surface area contributed by atoms with Gasteiger partial charge in [0.1, 0.15) is 0 Å². The van der Waals surface area contributed by atoms with Crippen LogP contribution in [-0.2, 0) is 20.7 Å². The average Bonchev–Trinajstić information content (AvgIpc) is 2.34. The molecular weight excluding hydrogens is 246 g/mol. The highest BCUT2D eigenvalue weighted by atomic mass is 16.5. The fraction of sp³-hybridized carbons (Fsp3) is 0.286. The molecule has 0 atom stereocenters. The number of nitrogens with two attached hydrogens (primary N) is 1. The lowest BCUT2D eigenvalue weighted by Crippen LogP contribution is -2.05. The van der Waals surface area contributed by atoms with Gasteiger partial charge in [0.15, 0.2) is 0 Å². The van der Waals surface area contributed by atoms with Crippen LogP contribution in [0, 0.1) is 0 Å². The molecule has 0 amide bonds. The van der Waals surface area contributed by atoms with E-state index in [1.165, 1.54) is 6.08 Å². The molecule has 1 rings (SSSR count). The number of aryl methyl sites for hydroxylation is 1. The number of rotatable bonds is 6. The van der Waals surface area contributed by atoms with Crippen LogP contribution in [0.15, 0.2) is 24.3 Å². The number of ether oxygens (including phenoxy) is 1. The molecule has 0 unspecified atom stereocenters. The molecule has 0 aromatic heterocycles. The lowest BCUT2D eigenvalue weighted by molar-refractivity contribution is -0.143. The van der Waals surface area contributed by atoms with Crippen LogP contribution >= 0.6 is 0 Å². The van der Waals surface area contributed by atoms with Crippen LogP contribution < -0.4 is 5.73 Å². The fourth-order valence-electron chi connectivity index (χ4n) is 1.63. The van der Waals surface area contributed by atoms with Crippen molar-refractivity contribution in [2.75, 3.05) is 12.3 Å². The van der Waals surface area contributed by atoms with Crippen LogP contribution in [0.2, 0.25) is 0 Å². The Bertz CT molecular complexity index is 494. The zero-order valence-electron chi connectivity index (χ0n) is 10.8. The van der Waals surface area contributed by atoms with E-state index in [0.717, 1.165) is 11.6 Å². The lowest BCUT2D eigenvalue weighted by Gasteiger charge is -2.05. The molecule has 0 spiro atoms. The summed E-state index contributed by atoms with van der Waals surface area (Å²) in [5.41, 5.74) is 7.84. The first kappa shape index (κ1) is 14.8. The summed E-state index contributed by atoms with van der Waals surface area (Å²) in [6, 6.07) is 5.24. The van der Waals surface area contributed by atoms with Crippen molar-refractivity contribution in [3.8, 4) is 0 Å². The van der Waals surface area contributed by atoms with E-state index in [9.17, 15) is 9.59 Å². The van der Waals surface area contributed by atoms with Crippen LogP contribution in [-0.4, -0.2) is 23.7 Å². The van der Waals surface area contributed by atoms with Crippen LogP contribution in [0.1, 0.15) is 24.5 Å². The molecule has 0 heterocycles. The molecule has 0 radical (unpaired) electrons. The average molecular weight is 263 g/mol. The van der Waals surface area contributed by atoms with Gasteiger partial charge in [-0.2, -0.15) is 0 Å². The van der Waals surface area contributed by atoms with Crippen molar-refractivity contribution < 1.29 is 19.4 Å². The molecule has 5 heteroatoms. The Labute approximate surface area is 111 Å². The Kier molecular flexibility index (Phi) is 5.60. The van der Waals surface area contributed by atoms with Crippen molar-refractivity contribution in [2.45, 2.75) is 19.8 Å². The molecule has 1 aromatic carbocycles. The number of hydrogen-bond donors (Lipinski definition) is 2. The minimum Gasteiger partial charge on any atom is -0.478 e. The number of benzene rings is 1. The zero-order chi connectivity index (χ0) is 14.3. The number of anilines is 1. The van der Waals surface area contributed by atoms with Crippen molar-refractivity contribution in [2.24, 2.45) is 0 Å². The van der Waals surface area contributed by atoms with Crippen molar-refractivity contribution in [3.63, 3.8) is 0 Å². The van der Waals surface area contributed by atoms with Gasteiger partial charge in [-0.25, -0.2) is 4.79 Å². The van der Waals surface area contributed by atoms with Gasteiger partial charge in [0.2, 0.25) is 0 Å². The van der Waals surface area contributed by atoms with E-state index < -0.39 is 5.97 Å². The first-order valence-corrected chi connectivity index (χ1v) is 5.97. The highest BCUT2D eigenvalue weighted by Crippen LogP contribution is 2.15. The van der Waals surface area contributed by atoms with E-state index in [1.54, 1.807) is 25.1 Å². The SMILES string of the molecule is CCOC(=O)CCc1cc(N)cc(C=CC(=O)O)c1. The highest BCUT2D eigenvalue weighted by Gasteiger charge is 2.04. The minimum absolute atomic E-state index is 0.257. The van der Waals surface area contributed by atoms with Gasteiger partial charge < -0.3 is 15.6 Å². The first-order chi connectivity index (χ1) is 9.01. The zero-order valence-corrected chi connectivity index (χ0v) is 10.8. The largest absolute Gasteiger partial charge is 0.478 e. The van der Waals surface area contributed by atoms with Gasteiger partial charge in [0, 0.05) is 18.2 Å².